The third-order valence-electron chi connectivity index (χ3n) is 19.8. The first-order valence-electron chi connectivity index (χ1n) is 33.3. The molecule has 0 bridgehead atoms. The lowest BCUT2D eigenvalue weighted by atomic mass is 9.82. The molecule has 452 valence electrons. The average Bonchev–Trinajstić information content (AvgIpc) is 1.71. The molecule has 0 saturated heterocycles. The molecule has 0 N–H and O–H groups in total. The van der Waals surface area contributed by atoms with Crippen molar-refractivity contribution < 1.29 is 8.83 Å². The summed E-state index contributed by atoms with van der Waals surface area (Å²) in [6.45, 7) is 0. The second-order valence-corrected chi connectivity index (χ2v) is 25.3. The number of benzene rings is 17. The Hall–Kier alpha value is -12.8. The van der Waals surface area contributed by atoms with Crippen LogP contribution in [0.25, 0.3) is 192 Å². The molecular formula is C94H59NO2. The summed E-state index contributed by atoms with van der Waals surface area (Å²) in [6, 6.07) is 129. The number of aromatic nitrogens is 1. The first-order valence-corrected chi connectivity index (χ1v) is 33.3. The molecule has 0 unspecified atom stereocenters. The molecule has 0 aliphatic carbocycles. The standard InChI is InChI=1S/C50H32O.C44H27NO/c1-4-16-33(17-5-1)36-28-37(34-18-6-2-7-19-34)30-38(29-36)49-40-23-10-12-25-42(40)50(43-26-13-11-24-41(43)49)46-31-45-39-22-14-15-27-47(39)51-48(45)32-44(46)35-20-8-3-9-21-35;1-2-14-28(15-3-1)42-33-19-4-6-21-35(33)43(36-22-7-5-20-34(36)42)29-26-37-32-18-10-13-25-41(32)46-44(37)40(27-29)45-38-23-11-8-16-30(38)31-17-9-12-24-39(31)45/h1-32H;1-27H. The van der Waals surface area contributed by atoms with E-state index in [4.69, 9.17) is 8.83 Å². The van der Waals surface area contributed by atoms with E-state index in [0.717, 1.165) is 71.7 Å². The Morgan fingerprint density at radius 1 is 0.175 bits per heavy atom. The van der Waals surface area contributed by atoms with Gasteiger partial charge in [-0.15, -0.1) is 0 Å². The summed E-state index contributed by atoms with van der Waals surface area (Å²) in [5.41, 5.74) is 23.9. The van der Waals surface area contributed by atoms with Gasteiger partial charge in [0.2, 0.25) is 0 Å². The Bertz CT molecular complexity index is 6250. The molecule has 0 atom stereocenters. The van der Waals surface area contributed by atoms with E-state index in [1.807, 2.05) is 6.07 Å². The predicted octanol–water partition coefficient (Wildman–Crippen LogP) is 26.6. The van der Waals surface area contributed by atoms with Gasteiger partial charge in [-0.25, -0.2) is 0 Å². The number of furan rings is 2. The quantitative estimate of drug-likeness (QED) is 0.142. The molecule has 0 aliphatic heterocycles. The van der Waals surface area contributed by atoms with Crippen LogP contribution in [-0.4, -0.2) is 4.57 Å². The smallest absolute Gasteiger partial charge is 0.159 e. The topological polar surface area (TPSA) is 31.2 Å². The van der Waals surface area contributed by atoms with E-state index in [1.54, 1.807) is 0 Å². The molecule has 0 spiro atoms. The molecule has 97 heavy (non-hydrogen) atoms. The fourth-order valence-electron chi connectivity index (χ4n) is 15.6. The summed E-state index contributed by atoms with van der Waals surface area (Å²) in [5.74, 6) is 0. The molecule has 17 aromatic carbocycles. The second kappa shape index (κ2) is 23.0. The van der Waals surface area contributed by atoms with Gasteiger partial charge in [-0.05, 0) is 188 Å². The van der Waals surface area contributed by atoms with Crippen LogP contribution in [0.1, 0.15) is 0 Å². The molecule has 0 fully saturated rings. The van der Waals surface area contributed by atoms with Crippen molar-refractivity contribution >= 4 is 109 Å². The lowest BCUT2D eigenvalue weighted by molar-refractivity contribution is 0.666. The minimum atomic E-state index is 0.894. The summed E-state index contributed by atoms with van der Waals surface area (Å²) in [4.78, 5) is 0. The summed E-state index contributed by atoms with van der Waals surface area (Å²) in [7, 11) is 0. The van der Waals surface area contributed by atoms with Gasteiger partial charge in [-0.3, -0.25) is 0 Å². The summed E-state index contributed by atoms with van der Waals surface area (Å²) in [6.07, 6.45) is 0. The third kappa shape index (κ3) is 9.27. The second-order valence-electron chi connectivity index (χ2n) is 25.3. The van der Waals surface area contributed by atoms with Gasteiger partial charge in [0.15, 0.2) is 5.58 Å². The van der Waals surface area contributed by atoms with Gasteiger partial charge in [0.05, 0.1) is 16.7 Å². The first-order chi connectivity index (χ1) is 48.1. The molecular weight excluding hydrogens is 1180 g/mol. The van der Waals surface area contributed by atoms with Crippen LogP contribution < -0.4 is 0 Å². The maximum atomic E-state index is 6.73. The minimum Gasteiger partial charge on any atom is -0.456 e. The van der Waals surface area contributed by atoms with Crippen molar-refractivity contribution in [3.8, 4) is 83.6 Å². The molecule has 20 aromatic rings. The molecule has 20 rings (SSSR count). The zero-order valence-electron chi connectivity index (χ0n) is 52.8. The minimum absolute atomic E-state index is 0.894. The Kier molecular flexibility index (Phi) is 13.2. The van der Waals surface area contributed by atoms with Gasteiger partial charge < -0.3 is 13.4 Å². The van der Waals surface area contributed by atoms with E-state index in [2.05, 4.69) is 356 Å². The Balaban J connectivity index is 0.000000137. The van der Waals surface area contributed by atoms with Crippen molar-refractivity contribution in [1.29, 1.82) is 0 Å². The van der Waals surface area contributed by atoms with Gasteiger partial charge in [0.1, 0.15) is 16.7 Å². The van der Waals surface area contributed by atoms with Gasteiger partial charge in [-0.2, -0.15) is 0 Å². The van der Waals surface area contributed by atoms with Crippen molar-refractivity contribution in [3.05, 3.63) is 358 Å². The number of para-hydroxylation sites is 4. The van der Waals surface area contributed by atoms with E-state index < -0.39 is 0 Å². The van der Waals surface area contributed by atoms with Crippen LogP contribution >= 0.6 is 0 Å². The van der Waals surface area contributed by atoms with E-state index in [0.29, 0.717) is 0 Å². The van der Waals surface area contributed by atoms with Crippen LogP contribution in [0.4, 0.5) is 0 Å². The number of rotatable bonds is 8. The predicted molar refractivity (Wildman–Crippen MR) is 410 cm³/mol. The van der Waals surface area contributed by atoms with Crippen molar-refractivity contribution in [1.82, 2.24) is 4.57 Å². The maximum Gasteiger partial charge on any atom is 0.159 e. The highest BCUT2D eigenvalue weighted by molar-refractivity contribution is 6.26. The van der Waals surface area contributed by atoms with Crippen molar-refractivity contribution in [2.24, 2.45) is 0 Å². The summed E-state index contributed by atoms with van der Waals surface area (Å²) >= 11 is 0. The van der Waals surface area contributed by atoms with Crippen molar-refractivity contribution in [2.45, 2.75) is 0 Å². The SMILES string of the molecule is c1ccc(-c2c3ccccc3c(-c3cc(-n4c5ccccc5c5ccccc54)c4oc5ccccc5c4c3)c3ccccc23)cc1.c1ccc(-c2cc(-c3ccccc3)cc(-c3c4ccccc4c(-c4cc5c(cc4-c4ccccc4)oc4ccccc45)c4ccccc34)c2)cc1. The normalized spacial score (nSPS) is 11.7. The van der Waals surface area contributed by atoms with E-state index in [9.17, 15) is 0 Å². The number of hydrogen-bond donors (Lipinski definition) is 0. The van der Waals surface area contributed by atoms with E-state index in [1.165, 1.54) is 121 Å². The highest BCUT2D eigenvalue weighted by Gasteiger charge is 2.25. The van der Waals surface area contributed by atoms with Gasteiger partial charge in [-0.1, -0.05) is 291 Å². The Morgan fingerprint density at radius 2 is 0.515 bits per heavy atom. The molecule has 0 amide bonds. The average molecular weight is 1230 g/mol. The third-order valence-corrected chi connectivity index (χ3v) is 19.8. The maximum absolute atomic E-state index is 6.73. The van der Waals surface area contributed by atoms with Crippen LogP contribution in [0.2, 0.25) is 0 Å². The fraction of sp³-hybridized carbons (Fsp3) is 0. The van der Waals surface area contributed by atoms with Crippen molar-refractivity contribution in [3.63, 3.8) is 0 Å². The number of fused-ring (bicyclic) bond motifs is 13. The number of hydrogen-bond acceptors (Lipinski definition) is 2. The Morgan fingerprint density at radius 3 is 0.990 bits per heavy atom. The molecule has 3 aromatic heterocycles. The molecule has 3 heterocycles. The highest BCUT2D eigenvalue weighted by atomic mass is 16.3. The lowest BCUT2D eigenvalue weighted by Crippen LogP contribution is -1.96. The Labute approximate surface area is 560 Å². The van der Waals surface area contributed by atoms with E-state index in [-0.39, 0.29) is 0 Å². The molecule has 3 nitrogen and oxygen atoms in total. The van der Waals surface area contributed by atoms with Crippen molar-refractivity contribution in [2.75, 3.05) is 0 Å². The highest BCUT2D eigenvalue weighted by Crippen LogP contribution is 2.51. The van der Waals surface area contributed by atoms with E-state index >= 15 is 0 Å². The largest absolute Gasteiger partial charge is 0.456 e. The van der Waals surface area contributed by atoms with Gasteiger partial charge in [0, 0.05) is 32.3 Å². The molecule has 0 saturated carbocycles. The fourth-order valence-corrected chi connectivity index (χ4v) is 15.6. The van der Waals surface area contributed by atoms with Crippen LogP contribution in [0, 0.1) is 0 Å². The lowest BCUT2D eigenvalue weighted by Gasteiger charge is -2.21. The van der Waals surface area contributed by atoms with Crippen LogP contribution in [0.15, 0.2) is 367 Å². The first kappa shape index (κ1) is 55.8. The van der Waals surface area contributed by atoms with Crippen LogP contribution in [0.3, 0.4) is 0 Å². The van der Waals surface area contributed by atoms with Gasteiger partial charge in [0.25, 0.3) is 0 Å². The van der Waals surface area contributed by atoms with Crippen LogP contribution in [0.5, 0.6) is 0 Å². The zero-order chi connectivity index (χ0) is 63.9. The monoisotopic (exact) mass is 1230 g/mol. The summed E-state index contributed by atoms with van der Waals surface area (Å²) in [5, 5.41) is 16.8. The zero-order valence-corrected chi connectivity index (χ0v) is 52.8. The summed E-state index contributed by atoms with van der Waals surface area (Å²) < 4.78 is 15.6. The van der Waals surface area contributed by atoms with Crippen LogP contribution in [-0.2, 0) is 0 Å². The molecule has 0 radical (unpaired) electrons. The molecule has 0 aliphatic rings. The number of nitrogens with zero attached hydrogens (tertiary/aromatic N) is 1. The van der Waals surface area contributed by atoms with Gasteiger partial charge >= 0.3 is 0 Å². The molecule has 3 heteroatoms.